The maximum absolute atomic E-state index is 13.0. The molecule has 2 rings (SSSR count). The number of anilines is 1. The van der Waals surface area contributed by atoms with E-state index in [2.05, 4.69) is 15.3 Å². The van der Waals surface area contributed by atoms with Gasteiger partial charge in [-0.1, -0.05) is 0 Å². The minimum atomic E-state index is -4.65. The van der Waals surface area contributed by atoms with Gasteiger partial charge < -0.3 is 9.47 Å². The zero-order valence-electron chi connectivity index (χ0n) is 12.7. The first-order chi connectivity index (χ1) is 11.8. The lowest BCUT2D eigenvalue weighted by atomic mass is 10.1. The van der Waals surface area contributed by atoms with Gasteiger partial charge in [-0.15, -0.1) is 0 Å². The minimum Gasteiger partial charge on any atom is -0.465 e. The van der Waals surface area contributed by atoms with Crippen molar-refractivity contribution in [2.45, 2.75) is 6.18 Å². The van der Waals surface area contributed by atoms with E-state index in [9.17, 15) is 18.0 Å². The topological polar surface area (TPSA) is 89.7 Å². The van der Waals surface area contributed by atoms with E-state index in [1.807, 2.05) is 0 Å². The number of nitrogens with one attached hydrogen (secondary N) is 1. The number of carbonyl (C=O) groups is 1. The van der Waals surface area contributed by atoms with Gasteiger partial charge in [0.1, 0.15) is 11.3 Å². The van der Waals surface area contributed by atoms with Crippen LogP contribution in [0.25, 0.3) is 0 Å². The van der Waals surface area contributed by atoms with E-state index in [1.165, 1.54) is 12.1 Å². The largest absolute Gasteiger partial charge is 0.465 e. The van der Waals surface area contributed by atoms with Crippen LogP contribution in [-0.4, -0.2) is 18.1 Å². The highest BCUT2D eigenvalue weighted by Crippen LogP contribution is 2.37. The average Bonchev–Trinajstić information content (AvgIpc) is 2.59. The number of rotatable bonds is 5. The van der Waals surface area contributed by atoms with Crippen molar-refractivity contribution in [3.63, 3.8) is 0 Å². The predicted octanol–water partition coefficient (Wildman–Crippen LogP) is 3.02. The average molecular weight is 377 g/mol. The van der Waals surface area contributed by atoms with Gasteiger partial charge in [-0.2, -0.15) is 18.7 Å². The molecule has 1 aromatic heterocycles. The second-order valence-corrected chi connectivity index (χ2v) is 4.87. The Kier molecular flexibility index (Phi) is 5.67. The van der Waals surface area contributed by atoms with Crippen LogP contribution in [0.1, 0.15) is 15.9 Å². The van der Waals surface area contributed by atoms with Gasteiger partial charge in [0.25, 0.3) is 0 Å². The second-order valence-electron chi connectivity index (χ2n) is 4.54. The molecule has 0 aliphatic carbocycles. The third-order valence-electron chi connectivity index (χ3n) is 2.99. The molecule has 0 atom stereocenters. The van der Waals surface area contributed by atoms with Gasteiger partial charge in [0, 0.05) is 18.0 Å². The highest BCUT2D eigenvalue weighted by Gasteiger charge is 2.35. The Bertz CT molecular complexity index is 773. The van der Waals surface area contributed by atoms with E-state index in [-0.39, 0.29) is 17.0 Å². The van der Waals surface area contributed by atoms with Crippen molar-refractivity contribution in [3.05, 3.63) is 47.7 Å². The smallest absolute Gasteiger partial charge is 0.421 e. The molecule has 0 aliphatic rings. The summed E-state index contributed by atoms with van der Waals surface area (Å²) in [6, 6.07) is 5.73. The zero-order chi connectivity index (χ0) is 18.6. The van der Waals surface area contributed by atoms with Crippen molar-refractivity contribution in [3.8, 4) is 11.6 Å². The first-order valence-electron chi connectivity index (χ1n) is 6.62. The molecule has 0 saturated carbocycles. The van der Waals surface area contributed by atoms with Crippen LogP contribution >= 0.6 is 11.8 Å². The lowest BCUT2D eigenvalue weighted by Gasteiger charge is -2.18. The summed E-state index contributed by atoms with van der Waals surface area (Å²) in [5.41, 5.74) is 1.06. The number of alkyl halides is 3. The molecule has 0 aliphatic heterocycles. The monoisotopic (exact) mass is 376 g/mol. The number of halogens is 4. The van der Waals surface area contributed by atoms with Crippen molar-refractivity contribution < 1.29 is 27.4 Å². The molecule has 11 heteroatoms. The number of aromatic nitrogens is 1. The molecule has 1 aromatic carbocycles. The molecule has 2 aromatic rings. The van der Waals surface area contributed by atoms with Crippen molar-refractivity contribution in [2.24, 2.45) is 5.84 Å². The fraction of sp³-hybridized carbons (Fsp3) is 0.143. The van der Waals surface area contributed by atoms with Crippen LogP contribution in [0.3, 0.4) is 0 Å². The molecular weight excluding hydrogens is 365 g/mol. The standard InChI is InChI=1S/C14H12ClF3N4O3/c1-24-13(23)9-7-8(4-5-11(9)22(15)21-19)25-12-10(14(16,17)18)3-2-6-20-12/h2-7,21H,19H2,1H3. The van der Waals surface area contributed by atoms with Crippen LogP contribution in [0.5, 0.6) is 11.6 Å². The van der Waals surface area contributed by atoms with Crippen LogP contribution in [0.15, 0.2) is 36.5 Å². The number of hydrogen-bond donors (Lipinski definition) is 2. The van der Waals surface area contributed by atoms with E-state index in [0.29, 0.717) is 0 Å². The van der Waals surface area contributed by atoms with Crippen LogP contribution in [0, 0.1) is 0 Å². The molecule has 0 saturated heterocycles. The molecule has 0 fully saturated rings. The Morgan fingerprint density at radius 3 is 2.68 bits per heavy atom. The maximum atomic E-state index is 13.0. The lowest BCUT2D eigenvalue weighted by molar-refractivity contribution is -0.138. The molecule has 25 heavy (non-hydrogen) atoms. The number of hydrogen-bond acceptors (Lipinski definition) is 7. The van der Waals surface area contributed by atoms with Crippen LogP contribution in [0.4, 0.5) is 18.9 Å². The number of nitrogens with zero attached hydrogens (tertiary/aromatic N) is 2. The molecule has 0 bridgehead atoms. The zero-order valence-corrected chi connectivity index (χ0v) is 13.4. The van der Waals surface area contributed by atoms with Gasteiger partial charge in [0.15, 0.2) is 0 Å². The minimum absolute atomic E-state index is 0.0737. The fourth-order valence-electron chi connectivity index (χ4n) is 1.89. The number of esters is 1. The van der Waals surface area contributed by atoms with Gasteiger partial charge in [-0.25, -0.2) is 14.3 Å². The summed E-state index contributed by atoms with van der Waals surface area (Å²) < 4.78 is 49.6. The van der Waals surface area contributed by atoms with E-state index >= 15 is 0 Å². The maximum Gasteiger partial charge on any atom is 0.421 e. The molecule has 7 nitrogen and oxygen atoms in total. The second kappa shape index (κ2) is 7.55. The van der Waals surface area contributed by atoms with E-state index in [4.69, 9.17) is 22.4 Å². The highest BCUT2D eigenvalue weighted by molar-refractivity contribution is 6.26. The summed E-state index contributed by atoms with van der Waals surface area (Å²) in [5, 5.41) is 0. The SMILES string of the molecule is COC(=O)c1cc(Oc2ncccc2C(F)(F)F)ccc1N(Cl)NN. The molecule has 134 valence electrons. The van der Waals surface area contributed by atoms with Crippen molar-refractivity contribution in [1.82, 2.24) is 10.5 Å². The number of benzene rings is 1. The number of nitrogens with two attached hydrogens (primary N) is 1. The molecule has 0 amide bonds. The van der Waals surface area contributed by atoms with Crippen molar-refractivity contribution in [2.75, 3.05) is 11.6 Å². The van der Waals surface area contributed by atoms with Gasteiger partial charge in [-0.05, 0) is 30.3 Å². The normalized spacial score (nSPS) is 11.1. The molecule has 3 N–H and O–H groups in total. The lowest BCUT2D eigenvalue weighted by Crippen LogP contribution is -2.36. The summed E-state index contributed by atoms with van der Waals surface area (Å²) >= 11 is 5.78. The molecule has 0 spiro atoms. The van der Waals surface area contributed by atoms with Crippen molar-refractivity contribution in [1.29, 1.82) is 0 Å². The van der Waals surface area contributed by atoms with Gasteiger partial charge in [0.2, 0.25) is 5.88 Å². The van der Waals surface area contributed by atoms with E-state index in [1.54, 1.807) is 0 Å². The summed E-state index contributed by atoms with van der Waals surface area (Å²) in [7, 11) is 1.13. The van der Waals surface area contributed by atoms with Gasteiger partial charge in [0.05, 0.1) is 18.4 Å². The van der Waals surface area contributed by atoms with Crippen LogP contribution < -0.4 is 20.6 Å². The summed E-state index contributed by atoms with van der Waals surface area (Å²) in [6.45, 7) is 0. The number of carbonyl (C=O) groups excluding carboxylic acids is 1. The van der Waals surface area contributed by atoms with E-state index < -0.39 is 23.6 Å². The highest BCUT2D eigenvalue weighted by atomic mass is 35.5. The Labute approximate surface area is 145 Å². The first-order valence-corrected chi connectivity index (χ1v) is 6.96. The third kappa shape index (κ3) is 4.29. The Hall–Kier alpha value is -2.56. The Morgan fingerprint density at radius 2 is 2.08 bits per heavy atom. The number of hydrazine groups is 2. The first kappa shape index (κ1) is 18.8. The molecule has 1 heterocycles. The fourth-order valence-corrected chi connectivity index (χ4v) is 2.04. The third-order valence-corrected chi connectivity index (χ3v) is 3.27. The van der Waals surface area contributed by atoms with Crippen LogP contribution in [-0.2, 0) is 10.9 Å². The number of ether oxygens (including phenoxy) is 2. The Balaban J connectivity index is 2.44. The predicted molar refractivity (Wildman–Crippen MR) is 82.7 cm³/mol. The van der Waals surface area contributed by atoms with Gasteiger partial charge >= 0.3 is 12.1 Å². The van der Waals surface area contributed by atoms with Crippen LogP contribution in [0.2, 0.25) is 0 Å². The quantitative estimate of drug-likeness (QED) is 0.359. The van der Waals surface area contributed by atoms with E-state index in [0.717, 1.165) is 36.0 Å². The molecule has 0 radical (unpaired) electrons. The number of pyridine rings is 1. The summed E-state index contributed by atoms with van der Waals surface area (Å²) in [5.74, 6) is 3.65. The van der Waals surface area contributed by atoms with Crippen molar-refractivity contribution >= 4 is 23.4 Å². The summed E-state index contributed by atoms with van der Waals surface area (Å²) in [4.78, 5) is 15.4. The van der Waals surface area contributed by atoms with Gasteiger partial charge in [-0.3, -0.25) is 5.84 Å². The summed E-state index contributed by atoms with van der Waals surface area (Å²) in [6.07, 6.45) is -3.50. The number of methoxy groups -OCH3 is 1. The Morgan fingerprint density at radius 1 is 1.36 bits per heavy atom. The molecule has 0 unspecified atom stereocenters. The molecular formula is C14H12ClF3N4O3.